The molecule has 0 spiro atoms. The van der Waals surface area contributed by atoms with Gasteiger partial charge in [0.15, 0.2) is 5.78 Å². The zero-order valence-electron chi connectivity index (χ0n) is 19.2. The van der Waals surface area contributed by atoms with Crippen LogP contribution in [0.15, 0.2) is 69.5 Å². The highest BCUT2D eigenvalue weighted by Crippen LogP contribution is 2.32. The van der Waals surface area contributed by atoms with E-state index < -0.39 is 23.6 Å². The Labute approximate surface area is 219 Å². The second kappa shape index (κ2) is 10.3. The number of alkyl halides is 3. The van der Waals surface area contributed by atoms with Crippen LogP contribution in [-0.2, 0) is 11.2 Å². The van der Waals surface area contributed by atoms with Gasteiger partial charge in [-0.25, -0.2) is 4.99 Å². The zero-order chi connectivity index (χ0) is 26.9. The van der Waals surface area contributed by atoms with Gasteiger partial charge in [-0.2, -0.15) is 18.4 Å². The van der Waals surface area contributed by atoms with Crippen LogP contribution in [0.3, 0.4) is 0 Å². The maximum Gasteiger partial charge on any atom is 0.451 e. The number of carbonyl (C=O) groups excluding carboxylic acids is 1. The number of Topliss-reactive ketones (excluding diaryl/α,β-unsaturated/α-hetero) is 1. The van der Waals surface area contributed by atoms with Crippen molar-refractivity contribution in [2.24, 2.45) is 9.98 Å². The van der Waals surface area contributed by atoms with E-state index in [0.717, 1.165) is 0 Å². The predicted molar refractivity (Wildman–Crippen MR) is 136 cm³/mol. The number of halogens is 5. The molecule has 1 atom stereocenters. The summed E-state index contributed by atoms with van der Waals surface area (Å²) in [6, 6.07) is 13.5. The summed E-state index contributed by atoms with van der Waals surface area (Å²) in [5, 5.41) is 9.93. The first-order valence-corrected chi connectivity index (χ1v) is 11.7. The summed E-state index contributed by atoms with van der Waals surface area (Å²) < 4.78 is 39.5. The van der Waals surface area contributed by atoms with Crippen LogP contribution in [0.5, 0.6) is 0 Å². The van der Waals surface area contributed by atoms with Crippen molar-refractivity contribution in [1.82, 2.24) is 4.57 Å². The van der Waals surface area contributed by atoms with Crippen LogP contribution >= 0.6 is 23.2 Å². The van der Waals surface area contributed by atoms with E-state index in [4.69, 9.17) is 23.2 Å². The molecule has 11 heteroatoms. The fraction of sp³-hybridized carbons (Fsp3) is 0.192. The van der Waals surface area contributed by atoms with E-state index in [1.165, 1.54) is 29.0 Å². The van der Waals surface area contributed by atoms with E-state index in [0.29, 0.717) is 32.8 Å². The number of benzene rings is 2. The van der Waals surface area contributed by atoms with Crippen molar-refractivity contribution >= 4 is 40.5 Å². The molecule has 2 aromatic carbocycles. The largest absolute Gasteiger partial charge is 0.451 e. The zero-order valence-corrected chi connectivity index (χ0v) is 20.7. The fourth-order valence-electron chi connectivity index (χ4n) is 3.84. The third-order valence-corrected chi connectivity index (χ3v) is 6.38. The first-order chi connectivity index (χ1) is 17.5. The molecule has 1 unspecified atom stereocenters. The summed E-state index contributed by atoms with van der Waals surface area (Å²) in [4.78, 5) is 32.8. The van der Waals surface area contributed by atoms with E-state index in [1.54, 1.807) is 37.3 Å². The van der Waals surface area contributed by atoms with Gasteiger partial charge in [0.05, 0.1) is 35.0 Å². The lowest BCUT2D eigenvalue weighted by Crippen LogP contribution is -2.28. The second-order valence-electron chi connectivity index (χ2n) is 8.29. The lowest BCUT2D eigenvalue weighted by Gasteiger charge is -2.16. The Morgan fingerprint density at radius 2 is 1.84 bits per heavy atom. The fourth-order valence-corrected chi connectivity index (χ4v) is 4.28. The van der Waals surface area contributed by atoms with Crippen LogP contribution in [0.4, 0.5) is 13.2 Å². The van der Waals surface area contributed by atoms with E-state index >= 15 is 0 Å². The summed E-state index contributed by atoms with van der Waals surface area (Å²) >= 11 is 12.5. The van der Waals surface area contributed by atoms with Gasteiger partial charge in [0.25, 0.3) is 5.56 Å². The number of hydrogen-bond acceptors (Lipinski definition) is 5. The second-order valence-corrected chi connectivity index (χ2v) is 9.14. The average molecular weight is 545 g/mol. The third-order valence-electron chi connectivity index (χ3n) is 5.85. The number of aliphatic imine (C=N–C) groups is 2. The van der Waals surface area contributed by atoms with Crippen molar-refractivity contribution in [3.05, 3.63) is 91.8 Å². The Balaban J connectivity index is 1.51. The number of hydrogen-bond donors (Lipinski definition) is 0. The molecule has 4 rings (SSSR count). The molecule has 188 valence electrons. The maximum absolute atomic E-state index is 12.9. The Morgan fingerprint density at radius 1 is 1.14 bits per heavy atom. The first kappa shape index (κ1) is 26.3. The minimum atomic E-state index is -4.60. The molecule has 0 amide bonds. The molecule has 1 aliphatic heterocycles. The van der Waals surface area contributed by atoms with Crippen LogP contribution in [0.25, 0.3) is 11.1 Å². The molecule has 0 radical (unpaired) electrons. The minimum absolute atomic E-state index is 0.0170. The van der Waals surface area contributed by atoms with Gasteiger partial charge in [-0.05, 0) is 36.2 Å². The summed E-state index contributed by atoms with van der Waals surface area (Å²) in [7, 11) is 0. The quantitative estimate of drug-likeness (QED) is 0.391. The standard InChI is InChI=1S/C26H17Cl2F3N4O2/c1-14(35-13-21(28)20(10-24(35)37)19-9-18(27)7-6-17(19)11-32)23(36)8-15-2-4-16(5-3-15)22-12-33-25(34-22)26(29,30)31/h2-7,9-10,13-14H,8,12H2,1H3. The third kappa shape index (κ3) is 5.66. The highest BCUT2D eigenvalue weighted by Gasteiger charge is 2.38. The number of pyridine rings is 1. The van der Waals surface area contributed by atoms with Gasteiger partial charge in [0.2, 0.25) is 5.84 Å². The SMILES string of the molecule is CC(C(=O)Cc1ccc(C2=NC(C(F)(F)F)=NC2)cc1)n1cc(Cl)c(-c2cc(Cl)ccc2C#N)cc1=O. The van der Waals surface area contributed by atoms with E-state index in [2.05, 4.69) is 9.98 Å². The van der Waals surface area contributed by atoms with Crippen molar-refractivity contribution in [3.63, 3.8) is 0 Å². The van der Waals surface area contributed by atoms with Crippen LogP contribution in [0.2, 0.25) is 10.0 Å². The van der Waals surface area contributed by atoms with Gasteiger partial charge in [0, 0.05) is 34.8 Å². The number of rotatable bonds is 6. The molecule has 2 heterocycles. The molecule has 0 N–H and O–H groups in total. The molecule has 0 bridgehead atoms. The molecule has 6 nitrogen and oxygen atoms in total. The Bertz CT molecular complexity index is 1550. The van der Waals surface area contributed by atoms with Gasteiger partial charge in [-0.1, -0.05) is 47.5 Å². The van der Waals surface area contributed by atoms with Gasteiger partial charge in [-0.15, -0.1) is 0 Å². The summed E-state index contributed by atoms with van der Waals surface area (Å²) in [5.41, 5.74) is 1.82. The lowest BCUT2D eigenvalue weighted by atomic mass is 10.00. The maximum atomic E-state index is 12.9. The first-order valence-electron chi connectivity index (χ1n) is 10.9. The van der Waals surface area contributed by atoms with Crippen molar-refractivity contribution in [1.29, 1.82) is 5.26 Å². The smallest absolute Gasteiger partial charge is 0.304 e. The molecule has 1 aliphatic rings. The van der Waals surface area contributed by atoms with Gasteiger partial charge < -0.3 is 4.57 Å². The molecular weight excluding hydrogens is 528 g/mol. The molecule has 0 fully saturated rings. The number of ketones is 1. The molecule has 0 aliphatic carbocycles. The summed E-state index contributed by atoms with van der Waals surface area (Å²) in [5.74, 6) is -1.44. The number of amidine groups is 1. The van der Waals surface area contributed by atoms with Crippen molar-refractivity contribution in [2.75, 3.05) is 6.54 Å². The highest BCUT2D eigenvalue weighted by molar-refractivity contribution is 6.34. The van der Waals surface area contributed by atoms with Crippen molar-refractivity contribution < 1.29 is 18.0 Å². The van der Waals surface area contributed by atoms with E-state index in [1.807, 2.05) is 6.07 Å². The van der Waals surface area contributed by atoms with Crippen LogP contribution < -0.4 is 5.56 Å². The van der Waals surface area contributed by atoms with Gasteiger partial charge >= 0.3 is 6.18 Å². The molecular formula is C26H17Cl2F3N4O2. The van der Waals surface area contributed by atoms with Gasteiger partial charge in [0.1, 0.15) is 0 Å². The van der Waals surface area contributed by atoms with Gasteiger partial charge in [-0.3, -0.25) is 14.6 Å². The number of nitrogens with zero attached hydrogens (tertiary/aromatic N) is 4. The minimum Gasteiger partial charge on any atom is -0.304 e. The number of nitriles is 1. The van der Waals surface area contributed by atoms with E-state index in [9.17, 15) is 28.0 Å². The molecule has 3 aromatic rings. The topological polar surface area (TPSA) is 87.6 Å². The predicted octanol–water partition coefficient (Wildman–Crippen LogP) is 5.83. The Kier molecular flexibility index (Phi) is 7.35. The molecule has 1 aromatic heterocycles. The van der Waals surface area contributed by atoms with Crippen LogP contribution in [0, 0.1) is 11.3 Å². The van der Waals surface area contributed by atoms with Crippen molar-refractivity contribution in [2.45, 2.75) is 25.6 Å². The highest BCUT2D eigenvalue weighted by atomic mass is 35.5. The Morgan fingerprint density at radius 3 is 2.46 bits per heavy atom. The molecule has 0 saturated carbocycles. The summed E-state index contributed by atoms with van der Waals surface area (Å²) in [6.45, 7) is 1.40. The average Bonchev–Trinajstić information content (AvgIpc) is 3.36. The monoisotopic (exact) mass is 544 g/mol. The van der Waals surface area contributed by atoms with Crippen molar-refractivity contribution in [3.8, 4) is 17.2 Å². The Hall–Kier alpha value is -3.74. The molecule has 37 heavy (non-hydrogen) atoms. The summed E-state index contributed by atoms with van der Waals surface area (Å²) in [6.07, 6.45) is -3.27. The lowest BCUT2D eigenvalue weighted by molar-refractivity contribution is -0.121. The van der Waals surface area contributed by atoms with E-state index in [-0.39, 0.29) is 29.5 Å². The molecule has 0 saturated heterocycles. The van der Waals surface area contributed by atoms with Crippen LogP contribution in [0.1, 0.15) is 29.7 Å². The number of aromatic nitrogens is 1. The van der Waals surface area contributed by atoms with Crippen LogP contribution in [-0.4, -0.2) is 34.6 Å². The number of carbonyl (C=O) groups is 1. The normalized spacial score (nSPS) is 14.1.